The summed E-state index contributed by atoms with van der Waals surface area (Å²) in [6.45, 7) is 4.45. The van der Waals surface area contributed by atoms with Crippen molar-refractivity contribution in [1.82, 2.24) is 4.90 Å². The van der Waals surface area contributed by atoms with Gasteiger partial charge in [-0.15, -0.1) is 0 Å². The number of ether oxygens (including phenoxy) is 2. The molecule has 6 nitrogen and oxygen atoms in total. The van der Waals surface area contributed by atoms with Crippen molar-refractivity contribution in [3.8, 4) is 5.75 Å². The summed E-state index contributed by atoms with van der Waals surface area (Å²) in [6, 6.07) is 10.8. The van der Waals surface area contributed by atoms with E-state index in [4.69, 9.17) is 21.1 Å². The summed E-state index contributed by atoms with van der Waals surface area (Å²) >= 11 is 5.87. The Morgan fingerprint density at radius 3 is 2.78 bits per heavy atom. The van der Waals surface area contributed by atoms with Crippen LogP contribution < -0.4 is 4.74 Å². The summed E-state index contributed by atoms with van der Waals surface area (Å²) in [5, 5.41) is 10.8. The van der Waals surface area contributed by atoms with Gasteiger partial charge in [0.25, 0.3) is 5.69 Å². The highest BCUT2D eigenvalue weighted by atomic mass is 35.5. The zero-order valence-electron chi connectivity index (χ0n) is 14.8. The zero-order valence-corrected chi connectivity index (χ0v) is 15.6. The highest BCUT2D eigenvalue weighted by Crippen LogP contribution is 2.27. The number of nitro groups is 1. The first-order valence-corrected chi connectivity index (χ1v) is 8.99. The third-order valence-corrected chi connectivity index (χ3v) is 4.87. The smallest absolute Gasteiger partial charge is 0.269 e. The van der Waals surface area contributed by atoms with Crippen LogP contribution in [0.2, 0.25) is 5.02 Å². The molecule has 0 radical (unpaired) electrons. The van der Waals surface area contributed by atoms with Gasteiger partial charge in [0.2, 0.25) is 0 Å². The Hall–Kier alpha value is -2.22. The lowest BCUT2D eigenvalue weighted by Crippen LogP contribution is -2.45. The molecule has 1 saturated heterocycles. The molecule has 3 rings (SSSR count). The van der Waals surface area contributed by atoms with Crippen molar-refractivity contribution in [3.05, 3.63) is 69.0 Å². The highest BCUT2D eigenvalue weighted by Gasteiger charge is 2.26. The van der Waals surface area contributed by atoms with E-state index in [2.05, 4.69) is 4.90 Å². The van der Waals surface area contributed by atoms with Crippen molar-refractivity contribution in [2.45, 2.75) is 19.1 Å². The lowest BCUT2D eigenvalue weighted by Gasteiger charge is -2.37. The molecule has 144 valence electrons. The van der Waals surface area contributed by atoms with Crippen LogP contribution in [0.1, 0.15) is 18.6 Å². The summed E-state index contributed by atoms with van der Waals surface area (Å²) < 4.78 is 24.9. The predicted molar refractivity (Wildman–Crippen MR) is 99.7 cm³/mol. The molecule has 2 aromatic rings. The quantitative estimate of drug-likeness (QED) is 0.542. The molecule has 0 bridgehead atoms. The standard InChI is InChI=1S/C19H20ClFN2O4/c1-13(12-27-16-5-3-15(4-6-16)23(24)25)22-8-9-26-19(11-22)14-2-7-18(21)17(20)10-14/h2-7,10,13,19H,8-9,11-12H2,1H3. The number of non-ortho nitro benzene ring substituents is 1. The second kappa shape index (κ2) is 8.65. The summed E-state index contributed by atoms with van der Waals surface area (Å²) in [6.07, 6.45) is -0.182. The van der Waals surface area contributed by atoms with Crippen LogP contribution in [0.15, 0.2) is 42.5 Å². The molecule has 8 heteroatoms. The number of nitro benzene ring substituents is 1. The summed E-state index contributed by atoms with van der Waals surface area (Å²) in [5.74, 6) is 0.139. The van der Waals surface area contributed by atoms with E-state index < -0.39 is 10.7 Å². The largest absolute Gasteiger partial charge is 0.492 e. The molecule has 2 atom stereocenters. The lowest BCUT2D eigenvalue weighted by molar-refractivity contribution is -0.384. The maximum atomic E-state index is 13.4. The molecule has 1 aliphatic heterocycles. The van der Waals surface area contributed by atoms with Gasteiger partial charge < -0.3 is 9.47 Å². The molecular formula is C19H20ClFN2O4. The van der Waals surface area contributed by atoms with E-state index in [1.807, 2.05) is 6.92 Å². The minimum Gasteiger partial charge on any atom is -0.492 e. The van der Waals surface area contributed by atoms with Crippen LogP contribution in [0.4, 0.5) is 10.1 Å². The monoisotopic (exact) mass is 394 g/mol. The fraction of sp³-hybridized carbons (Fsp3) is 0.368. The van der Waals surface area contributed by atoms with E-state index in [0.29, 0.717) is 25.5 Å². The van der Waals surface area contributed by atoms with Gasteiger partial charge in [0.1, 0.15) is 18.2 Å². The minimum absolute atomic E-state index is 0.0318. The van der Waals surface area contributed by atoms with Crippen molar-refractivity contribution in [1.29, 1.82) is 0 Å². The maximum absolute atomic E-state index is 13.4. The first-order valence-electron chi connectivity index (χ1n) is 8.62. The van der Waals surface area contributed by atoms with E-state index in [9.17, 15) is 14.5 Å². The van der Waals surface area contributed by atoms with Crippen molar-refractivity contribution in [2.75, 3.05) is 26.3 Å². The Morgan fingerprint density at radius 2 is 2.11 bits per heavy atom. The Bertz CT molecular complexity index is 803. The Balaban J connectivity index is 1.57. The van der Waals surface area contributed by atoms with Gasteiger partial charge in [-0.25, -0.2) is 4.39 Å². The molecule has 0 aromatic heterocycles. The summed E-state index contributed by atoms with van der Waals surface area (Å²) in [7, 11) is 0. The van der Waals surface area contributed by atoms with Gasteiger partial charge in [0.05, 0.1) is 22.7 Å². The number of hydrogen-bond donors (Lipinski definition) is 0. The van der Waals surface area contributed by atoms with Gasteiger partial charge in [-0.2, -0.15) is 0 Å². The first-order chi connectivity index (χ1) is 12.9. The van der Waals surface area contributed by atoms with Gasteiger partial charge >= 0.3 is 0 Å². The van der Waals surface area contributed by atoms with Crippen LogP contribution in [0, 0.1) is 15.9 Å². The first kappa shape index (κ1) is 19.5. The lowest BCUT2D eigenvalue weighted by atomic mass is 10.1. The zero-order chi connectivity index (χ0) is 19.4. The van der Waals surface area contributed by atoms with E-state index in [0.717, 1.165) is 12.1 Å². The second-order valence-corrected chi connectivity index (χ2v) is 6.85. The number of rotatable bonds is 6. The number of hydrogen-bond acceptors (Lipinski definition) is 5. The Labute approximate surface area is 161 Å². The van der Waals surface area contributed by atoms with Gasteiger partial charge in [0, 0.05) is 31.3 Å². The van der Waals surface area contributed by atoms with Crippen LogP contribution >= 0.6 is 11.6 Å². The fourth-order valence-electron chi connectivity index (χ4n) is 2.97. The van der Waals surface area contributed by atoms with Crippen LogP contribution in [-0.4, -0.2) is 42.2 Å². The third kappa shape index (κ3) is 4.94. The molecule has 1 fully saturated rings. The van der Waals surface area contributed by atoms with Gasteiger partial charge in [-0.1, -0.05) is 17.7 Å². The van der Waals surface area contributed by atoms with Gasteiger partial charge in [-0.05, 0) is 36.8 Å². The average molecular weight is 395 g/mol. The number of benzene rings is 2. The van der Waals surface area contributed by atoms with Crippen molar-refractivity contribution >= 4 is 17.3 Å². The Kier molecular flexibility index (Phi) is 6.26. The van der Waals surface area contributed by atoms with E-state index in [1.165, 1.54) is 18.2 Å². The normalized spacial score (nSPS) is 18.9. The summed E-state index contributed by atoms with van der Waals surface area (Å²) in [5.41, 5.74) is 0.874. The van der Waals surface area contributed by atoms with Gasteiger partial charge in [0.15, 0.2) is 0 Å². The summed E-state index contributed by atoms with van der Waals surface area (Å²) in [4.78, 5) is 12.5. The highest BCUT2D eigenvalue weighted by molar-refractivity contribution is 6.30. The van der Waals surface area contributed by atoms with Crippen molar-refractivity contribution < 1.29 is 18.8 Å². The molecule has 0 saturated carbocycles. The molecule has 0 spiro atoms. The van der Waals surface area contributed by atoms with Crippen LogP contribution in [0.25, 0.3) is 0 Å². The topological polar surface area (TPSA) is 64.8 Å². The average Bonchev–Trinajstić information content (AvgIpc) is 2.68. The molecule has 1 aliphatic rings. The van der Waals surface area contributed by atoms with Crippen LogP contribution in [0.3, 0.4) is 0 Å². The van der Waals surface area contributed by atoms with E-state index in [-0.39, 0.29) is 22.9 Å². The van der Waals surface area contributed by atoms with Crippen molar-refractivity contribution in [3.63, 3.8) is 0 Å². The fourth-order valence-corrected chi connectivity index (χ4v) is 3.16. The van der Waals surface area contributed by atoms with Gasteiger partial charge in [-0.3, -0.25) is 15.0 Å². The van der Waals surface area contributed by atoms with Crippen LogP contribution in [0.5, 0.6) is 5.75 Å². The van der Waals surface area contributed by atoms with E-state index in [1.54, 1.807) is 24.3 Å². The third-order valence-electron chi connectivity index (χ3n) is 4.58. The molecule has 2 aromatic carbocycles. The van der Waals surface area contributed by atoms with Crippen LogP contribution in [-0.2, 0) is 4.74 Å². The molecule has 0 aliphatic carbocycles. The molecule has 1 heterocycles. The second-order valence-electron chi connectivity index (χ2n) is 6.44. The Morgan fingerprint density at radius 1 is 1.37 bits per heavy atom. The minimum atomic E-state index is -0.446. The number of nitrogens with zero attached hydrogens (tertiary/aromatic N) is 2. The molecule has 0 N–H and O–H groups in total. The molecule has 0 amide bonds. The maximum Gasteiger partial charge on any atom is 0.269 e. The predicted octanol–water partition coefficient (Wildman–Crippen LogP) is 4.23. The molecular weight excluding hydrogens is 375 g/mol. The number of halogens is 2. The van der Waals surface area contributed by atoms with Crippen molar-refractivity contribution in [2.24, 2.45) is 0 Å². The van der Waals surface area contributed by atoms with E-state index >= 15 is 0 Å². The molecule has 2 unspecified atom stereocenters. The number of morpholine rings is 1. The molecule has 27 heavy (non-hydrogen) atoms. The SMILES string of the molecule is CC(COc1ccc([N+](=O)[O-])cc1)N1CCOC(c2ccc(F)c(Cl)c2)C1.